The third-order valence-electron chi connectivity index (χ3n) is 8.82. The standard InChI is InChI=1S/C42H30N3OS2.Pt/c1-42(2,3)27-20-21-43-33(22-27)40-32-24-39(48-37(32)25-38-41(40)31-16-7-10-19-36(31)47-38)46-30-15-11-14-29(23-30)45-26-44(28-12-5-4-6-13-28)34-17-8-9-18-35(34)45;/h4-22,25-26H,1-3H3;/q-3;. The van der Waals surface area contributed by atoms with Gasteiger partial charge in [0.1, 0.15) is 5.06 Å². The Morgan fingerprint density at radius 1 is 0.714 bits per heavy atom. The van der Waals surface area contributed by atoms with Crippen LogP contribution in [-0.2, 0) is 26.5 Å². The molecule has 1 aliphatic heterocycles. The van der Waals surface area contributed by atoms with E-state index in [1.54, 1.807) is 11.3 Å². The Labute approximate surface area is 308 Å². The number of pyridine rings is 1. The van der Waals surface area contributed by atoms with Crippen LogP contribution in [0.1, 0.15) is 26.3 Å². The number of aromatic nitrogens is 1. The Morgan fingerprint density at radius 2 is 1.47 bits per heavy atom. The average molecular weight is 852 g/mol. The minimum absolute atomic E-state index is 0. The molecule has 9 rings (SSSR count). The minimum atomic E-state index is 0. The molecule has 8 aromatic rings. The van der Waals surface area contributed by atoms with Crippen LogP contribution >= 0.6 is 22.7 Å². The van der Waals surface area contributed by atoms with Crippen LogP contribution in [0.2, 0.25) is 0 Å². The van der Waals surface area contributed by atoms with Crippen LogP contribution in [0.15, 0.2) is 121 Å². The first-order valence-corrected chi connectivity index (χ1v) is 17.6. The molecule has 4 heterocycles. The number of benzene rings is 5. The average Bonchev–Trinajstić information content (AvgIpc) is 3.80. The molecular formula is C42H30N3OPtS2-3. The number of hydrogen-bond acceptors (Lipinski definition) is 6. The van der Waals surface area contributed by atoms with Gasteiger partial charge in [-0.3, -0.25) is 4.98 Å². The molecule has 0 bridgehead atoms. The first-order chi connectivity index (χ1) is 23.4. The summed E-state index contributed by atoms with van der Waals surface area (Å²) in [5.41, 5.74) is 7.53. The largest absolute Gasteiger partial charge is 0.493 e. The third-order valence-corrected chi connectivity index (χ3v) is 10.9. The number of hydrogen-bond donors (Lipinski definition) is 0. The van der Waals surface area contributed by atoms with Crippen molar-refractivity contribution >= 4 is 75.7 Å². The fourth-order valence-corrected chi connectivity index (χ4v) is 8.61. The van der Waals surface area contributed by atoms with Crippen molar-refractivity contribution in [2.75, 3.05) is 9.80 Å². The van der Waals surface area contributed by atoms with Crippen molar-refractivity contribution in [3.8, 4) is 22.1 Å². The Bertz CT molecular complexity index is 2480. The minimum Gasteiger partial charge on any atom is -0.493 e. The van der Waals surface area contributed by atoms with Gasteiger partial charge in [0, 0.05) is 65.2 Å². The zero-order chi connectivity index (χ0) is 32.4. The predicted octanol–water partition coefficient (Wildman–Crippen LogP) is 12.4. The van der Waals surface area contributed by atoms with E-state index in [9.17, 15) is 0 Å². The van der Waals surface area contributed by atoms with Crippen LogP contribution in [0.3, 0.4) is 0 Å². The van der Waals surface area contributed by atoms with Gasteiger partial charge in [0.2, 0.25) is 0 Å². The molecular weight excluding hydrogens is 822 g/mol. The fourth-order valence-electron chi connectivity index (χ4n) is 6.47. The molecule has 3 aromatic heterocycles. The van der Waals surface area contributed by atoms with E-state index in [0.29, 0.717) is 10.8 Å². The number of ether oxygens (including phenoxy) is 1. The summed E-state index contributed by atoms with van der Waals surface area (Å²) in [6.45, 7) is 8.84. The van der Waals surface area contributed by atoms with E-state index in [0.717, 1.165) is 44.1 Å². The molecule has 0 atom stereocenters. The van der Waals surface area contributed by atoms with Gasteiger partial charge in [-0.2, -0.15) is 22.8 Å². The van der Waals surface area contributed by atoms with Crippen LogP contribution in [0, 0.1) is 18.8 Å². The second-order valence-electron chi connectivity index (χ2n) is 13.0. The molecule has 0 spiro atoms. The fraction of sp³-hybridized carbons (Fsp3) is 0.0952. The van der Waals surface area contributed by atoms with E-state index in [2.05, 4.69) is 146 Å². The monoisotopic (exact) mass is 851 g/mol. The summed E-state index contributed by atoms with van der Waals surface area (Å²) in [6.07, 6.45) is 1.94. The van der Waals surface area contributed by atoms with E-state index in [-0.39, 0.29) is 26.5 Å². The summed E-state index contributed by atoms with van der Waals surface area (Å²) in [5.74, 6) is 0.640. The van der Waals surface area contributed by atoms with Gasteiger partial charge in [0.05, 0.1) is 0 Å². The van der Waals surface area contributed by atoms with Crippen molar-refractivity contribution in [1.82, 2.24) is 4.98 Å². The maximum atomic E-state index is 6.56. The van der Waals surface area contributed by atoms with Gasteiger partial charge in [-0.25, -0.2) is 0 Å². The Balaban J connectivity index is 0.00000348. The number of anilines is 4. The van der Waals surface area contributed by atoms with Gasteiger partial charge < -0.3 is 14.5 Å². The first kappa shape index (κ1) is 31.8. The van der Waals surface area contributed by atoms with Crippen molar-refractivity contribution in [3.63, 3.8) is 0 Å². The number of rotatable bonds is 5. The van der Waals surface area contributed by atoms with E-state index in [1.165, 1.54) is 25.7 Å². The van der Waals surface area contributed by atoms with Crippen molar-refractivity contribution in [1.29, 1.82) is 0 Å². The molecule has 7 heteroatoms. The molecule has 4 nitrogen and oxygen atoms in total. The van der Waals surface area contributed by atoms with Gasteiger partial charge >= 0.3 is 0 Å². The van der Waals surface area contributed by atoms with Gasteiger partial charge in [-0.1, -0.05) is 85.6 Å². The van der Waals surface area contributed by atoms with E-state index >= 15 is 0 Å². The van der Waals surface area contributed by atoms with Crippen molar-refractivity contribution in [3.05, 3.63) is 146 Å². The summed E-state index contributed by atoms with van der Waals surface area (Å²) in [6, 6.07) is 47.3. The molecule has 0 radical (unpaired) electrons. The molecule has 0 unspecified atom stereocenters. The quantitative estimate of drug-likeness (QED) is 0.161. The predicted molar refractivity (Wildman–Crippen MR) is 202 cm³/mol. The summed E-state index contributed by atoms with van der Waals surface area (Å²) in [5, 5.41) is 4.19. The molecule has 0 fully saturated rings. The molecule has 0 saturated carbocycles. The van der Waals surface area contributed by atoms with E-state index in [4.69, 9.17) is 9.72 Å². The Kier molecular flexibility index (Phi) is 8.07. The van der Waals surface area contributed by atoms with Crippen LogP contribution < -0.4 is 14.5 Å². The van der Waals surface area contributed by atoms with Crippen molar-refractivity contribution in [2.24, 2.45) is 0 Å². The second kappa shape index (κ2) is 12.4. The molecule has 0 aliphatic carbocycles. The summed E-state index contributed by atoms with van der Waals surface area (Å²) in [7, 11) is 0. The second-order valence-corrected chi connectivity index (χ2v) is 15.1. The van der Waals surface area contributed by atoms with Crippen LogP contribution in [-0.4, -0.2) is 4.98 Å². The first-order valence-electron chi connectivity index (χ1n) is 16.0. The van der Waals surface area contributed by atoms with Crippen molar-refractivity contribution < 1.29 is 25.8 Å². The normalized spacial score (nSPS) is 12.9. The maximum Gasteiger partial charge on any atom is 0.107 e. The van der Waals surface area contributed by atoms with E-state index < -0.39 is 0 Å². The van der Waals surface area contributed by atoms with Gasteiger partial charge in [-0.05, 0) is 64.2 Å². The van der Waals surface area contributed by atoms with Gasteiger partial charge in [0.25, 0.3) is 0 Å². The van der Waals surface area contributed by atoms with Crippen LogP contribution in [0.5, 0.6) is 10.8 Å². The molecule has 0 saturated heterocycles. The smallest absolute Gasteiger partial charge is 0.107 e. The third kappa shape index (κ3) is 5.62. The molecule has 0 amide bonds. The summed E-state index contributed by atoms with van der Waals surface area (Å²) < 4.78 is 10.2. The van der Waals surface area contributed by atoms with Gasteiger partial charge in [0.15, 0.2) is 0 Å². The molecule has 1 aliphatic rings. The maximum absolute atomic E-state index is 6.56. The van der Waals surface area contributed by atoms with E-state index in [1.807, 2.05) is 35.7 Å². The zero-order valence-electron chi connectivity index (χ0n) is 27.0. The Morgan fingerprint density at radius 3 is 2.29 bits per heavy atom. The van der Waals surface area contributed by atoms with Crippen LogP contribution in [0.4, 0.5) is 22.7 Å². The number of para-hydroxylation sites is 3. The number of nitrogens with zero attached hydrogens (tertiary/aromatic N) is 3. The Hall–Kier alpha value is -4.48. The summed E-state index contributed by atoms with van der Waals surface area (Å²) in [4.78, 5) is 9.30. The number of thiophene rings is 2. The number of fused-ring (bicyclic) bond motifs is 5. The molecule has 5 aromatic carbocycles. The zero-order valence-corrected chi connectivity index (χ0v) is 30.9. The van der Waals surface area contributed by atoms with Crippen molar-refractivity contribution in [2.45, 2.75) is 26.2 Å². The molecule has 244 valence electrons. The van der Waals surface area contributed by atoms with Gasteiger partial charge in [-0.15, -0.1) is 48.0 Å². The van der Waals surface area contributed by atoms with Crippen LogP contribution in [0.25, 0.3) is 41.5 Å². The molecule has 0 N–H and O–H groups in total. The molecule has 49 heavy (non-hydrogen) atoms. The topological polar surface area (TPSA) is 28.6 Å². The SMILES string of the molecule is CC(C)(C)c1ccnc(-c2c3[c-]c(Oc4[c-]c(N5[CH-]N(c6ccccc6)c6ccccc65)ccc4)sc3cc3sc4ccccc4c23)c1.[Pt]. The summed E-state index contributed by atoms with van der Waals surface area (Å²) >= 11 is 3.43.